The predicted octanol–water partition coefficient (Wildman–Crippen LogP) is 2.88. The molecule has 0 aliphatic carbocycles. The molecule has 1 aromatic heterocycles. The Hall–Kier alpha value is -2.36. The van der Waals surface area contributed by atoms with Crippen molar-refractivity contribution < 1.29 is 14.6 Å². The number of benzene rings is 1. The van der Waals surface area contributed by atoms with Crippen LogP contribution in [-0.2, 0) is 0 Å². The standard InChI is InChI=1S/C13H11NO3/c1-9-4-5-12(11(7-9)13(15)16)17-10-3-2-6-14-8-10/h2-8H,1H3,(H,15,16). The molecule has 0 spiro atoms. The molecule has 0 saturated carbocycles. The van der Waals surface area contributed by atoms with Gasteiger partial charge in [0.2, 0.25) is 0 Å². The fourth-order valence-corrected chi connectivity index (χ4v) is 1.43. The lowest BCUT2D eigenvalue weighted by atomic mass is 10.1. The van der Waals surface area contributed by atoms with Crippen LogP contribution >= 0.6 is 0 Å². The topological polar surface area (TPSA) is 59.4 Å². The van der Waals surface area contributed by atoms with Crippen molar-refractivity contribution in [3.05, 3.63) is 53.9 Å². The Morgan fingerprint density at radius 2 is 2.18 bits per heavy atom. The summed E-state index contributed by atoms with van der Waals surface area (Å²) in [5.41, 5.74) is 1.02. The first kappa shape index (κ1) is 11.1. The number of pyridine rings is 1. The number of hydrogen-bond donors (Lipinski definition) is 1. The SMILES string of the molecule is Cc1ccc(Oc2cccnc2)c(C(=O)O)c1. The van der Waals surface area contributed by atoms with Crippen molar-refractivity contribution in [2.75, 3.05) is 0 Å². The Labute approximate surface area is 98.5 Å². The molecule has 0 amide bonds. The van der Waals surface area contributed by atoms with E-state index in [0.29, 0.717) is 11.5 Å². The molecule has 86 valence electrons. The monoisotopic (exact) mass is 229 g/mol. The first-order chi connectivity index (χ1) is 8.16. The van der Waals surface area contributed by atoms with Gasteiger partial charge in [-0.15, -0.1) is 0 Å². The maximum absolute atomic E-state index is 11.1. The maximum atomic E-state index is 11.1. The van der Waals surface area contributed by atoms with E-state index in [1.807, 2.05) is 6.92 Å². The lowest BCUT2D eigenvalue weighted by Crippen LogP contribution is -2.00. The Kier molecular flexibility index (Phi) is 3.05. The largest absolute Gasteiger partial charge is 0.478 e. The number of aromatic nitrogens is 1. The summed E-state index contributed by atoms with van der Waals surface area (Å²) < 4.78 is 5.48. The molecule has 0 atom stereocenters. The third-order valence-corrected chi connectivity index (χ3v) is 2.23. The number of carbonyl (C=O) groups is 1. The van der Waals surface area contributed by atoms with E-state index in [2.05, 4.69) is 4.98 Å². The van der Waals surface area contributed by atoms with Gasteiger partial charge in [0.15, 0.2) is 0 Å². The number of ether oxygens (including phenoxy) is 1. The van der Waals surface area contributed by atoms with Gasteiger partial charge in [-0.25, -0.2) is 4.79 Å². The van der Waals surface area contributed by atoms with Gasteiger partial charge >= 0.3 is 5.97 Å². The molecule has 2 rings (SSSR count). The highest BCUT2D eigenvalue weighted by Gasteiger charge is 2.12. The lowest BCUT2D eigenvalue weighted by Gasteiger charge is -2.08. The van der Waals surface area contributed by atoms with E-state index in [0.717, 1.165) is 5.56 Å². The smallest absolute Gasteiger partial charge is 0.339 e. The molecule has 4 heteroatoms. The molecule has 0 aliphatic rings. The van der Waals surface area contributed by atoms with E-state index in [1.54, 1.807) is 36.5 Å². The summed E-state index contributed by atoms with van der Waals surface area (Å²) in [7, 11) is 0. The molecule has 1 heterocycles. The highest BCUT2D eigenvalue weighted by Crippen LogP contribution is 2.25. The van der Waals surface area contributed by atoms with E-state index in [9.17, 15) is 4.79 Å². The van der Waals surface area contributed by atoms with Gasteiger partial charge in [0, 0.05) is 6.20 Å². The van der Waals surface area contributed by atoms with E-state index in [4.69, 9.17) is 9.84 Å². The fourth-order valence-electron chi connectivity index (χ4n) is 1.43. The van der Waals surface area contributed by atoms with E-state index in [-0.39, 0.29) is 5.56 Å². The normalized spacial score (nSPS) is 9.94. The van der Waals surface area contributed by atoms with E-state index < -0.39 is 5.97 Å². The quantitative estimate of drug-likeness (QED) is 0.879. The number of hydrogen-bond acceptors (Lipinski definition) is 3. The molecule has 17 heavy (non-hydrogen) atoms. The number of aromatic carboxylic acids is 1. The molecule has 0 radical (unpaired) electrons. The van der Waals surface area contributed by atoms with Crippen LogP contribution in [0.25, 0.3) is 0 Å². The van der Waals surface area contributed by atoms with Gasteiger partial charge in [-0.05, 0) is 31.2 Å². The summed E-state index contributed by atoms with van der Waals surface area (Å²) in [6, 6.07) is 8.47. The third-order valence-electron chi connectivity index (χ3n) is 2.23. The Morgan fingerprint density at radius 1 is 1.35 bits per heavy atom. The van der Waals surface area contributed by atoms with Crippen LogP contribution in [0.15, 0.2) is 42.7 Å². The minimum absolute atomic E-state index is 0.147. The van der Waals surface area contributed by atoms with Crippen LogP contribution in [0.2, 0.25) is 0 Å². The minimum atomic E-state index is -1.01. The van der Waals surface area contributed by atoms with Crippen molar-refractivity contribution in [3.63, 3.8) is 0 Å². The molecule has 0 unspecified atom stereocenters. The second kappa shape index (κ2) is 4.65. The lowest BCUT2D eigenvalue weighted by molar-refractivity contribution is 0.0694. The molecule has 1 aromatic carbocycles. The van der Waals surface area contributed by atoms with Crippen molar-refractivity contribution in [2.45, 2.75) is 6.92 Å². The summed E-state index contributed by atoms with van der Waals surface area (Å²) in [5, 5.41) is 9.07. The van der Waals surface area contributed by atoms with E-state index >= 15 is 0 Å². The molecule has 0 aliphatic heterocycles. The van der Waals surface area contributed by atoms with Crippen molar-refractivity contribution in [3.8, 4) is 11.5 Å². The van der Waals surface area contributed by atoms with Gasteiger partial charge in [-0.1, -0.05) is 11.6 Å². The summed E-state index contributed by atoms with van der Waals surface area (Å²) in [6.07, 6.45) is 3.16. The van der Waals surface area contributed by atoms with Gasteiger partial charge in [0.1, 0.15) is 17.1 Å². The molecular formula is C13H11NO3. The van der Waals surface area contributed by atoms with Gasteiger partial charge < -0.3 is 9.84 Å². The zero-order valence-corrected chi connectivity index (χ0v) is 9.25. The van der Waals surface area contributed by atoms with Crippen LogP contribution in [-0.4, -0.2) is 16.1 Å². The van der Waals surface area contributed by atoms with Crippen LogP contribution in [0.4, 0.5) is 0 Å². The molecule has 0 bridgehead atoms. The highest BCUT2D eigenvalue weighted by atomic mass is 16.5. The number of rotatable bonds is 3. The number of carboxylic acids is 1. The van der Waals surface area contributed by atoms with Gasteiger partial charge in [0.25, 0.3) is 0 Å². The summed E-state index contributed by atoms with van der Waals surface area (Å²) in [6.45, 7) is 1.83. The fraction of sp³-hybridized carbons (Fsp3) is 0.0769. The molecule has 2 aromatic rings. The zero-order valence-electron chi connectivity index (χ0n) is 9.25. The van der Waals surface area contributed by atoms with E-state index in [1.165, 1.54) is 6.20 Å². The van der Waals surface area contributed by atoms with Crippen LogP contribution in [0, 0.1) is 6.92 Å². The van der Waals surface area contributed by atoms with Crippen molar-refractivity contribution in [2.24, 2.45) is 0 Å². The zero-order chi connectivity index (χ0) is 12.3. The predicted molar refractivity (Wildman–Crippen MR) is 62.4 cm³/mol. The second-order valence-corrected chi connectivity index (χ2v) is 3.60. The average Bonchev–Trinajstić information content (AvgIpc) is 2.32. The minimum Gasteiger partial charge on any atom is -0.478 e. The van der Waals surface area contributed by atoms with Crippen molar-refractivity contribution in [1.82, 2.24) is 4.98 Å². The van der Waals surface area contributed by atoms with Crippen LogP contribution in [0.5, 0.6) is 11.5 Å². The van der Waals surface area contributed by atoms with Gasteiger partial charge in [0.05, 0.1) is 6.20 Å². The summed E-state index contributed by atoms with van der Waals surface area (Å²) in [5.74, 6) is -0.178. The summed E-state index contributed by atoms with van der Waals surface area (Å²) in [4.78, 5) is 15.0. The Morgan fingerprint density at radius 3 is 2.82 bits per heavy atom. The first-order valence-electron chi connectivity index (χ1n) is 5.08. The van der Waals surface area contributed by atoms with Crippen LogP contribution in [0.3, 0.4) is 0 Å². The molecule has 0 saturated heterocycles. The number of aryl methyl sites for hydroxylation is 1. The first-order valence-corrected chi connectivity index (χ1v) is 5.08. The van der Waals surface area contributed by atoms with Gasteiger partial charge in [-0.3, -0.25) is 4.98 Å². The Bertz CT molecular complexity index is 538. The second-order valence-electron chi connectivity index (χ2n) is 3.60. The highest BCUT2D eigenvalue weighted by molar-refractivity contribution is 5.91. The molecule has 1 N–H and O–H groups in total. The Balaban J connectivity index is 2.36. The molecular weight excluding hydrogens is 218 g/mol. The third kappa shape index (κ3) is 2.60. The van der Waals surface area contributed by atoms with Crippen LogP contribution < -0.4 is 4.74 Å². The summed E-state index contributed by atoms with van der Waals surface area (Å²) >= 11 is 0. The molecule has 4 nitrogen and oxygen atoms in total. The van der Waals surface area contributed by atoms with Crippen molar-refractivity contribution in [1.29, 1.82) is 0 Å². The van der Waals surface area contributed by atoms with Crippen LogP contribution in [0.1, 0.15) is 15.9 Å². The van der Waals surface area contributed by atoms with Crippen molar-refractivity contribution >= 4 is 5.97 Å². The molecule has 0 fully saturated rings. The maximum Gasteiger partial charge on any atom is 0.339 e. The number of nitrogens with zero attached hydrogens (tertiary/aromatic N) is 1. The number of carboxylic acid groups (broad SMARTS) is 1. The average molecular weight is 229 g/mol. The van der Waals surface area contributed by atoms with Gasteiger partial charge in [-0.2, -0.15) is 0 Å².